The molecular weight excluding hydrogens is 420 g/mol. The van der Waals surface area contributed by atoms with Gasteiger partial charge in [0.05, 0.1) is 19.3 Å². The van der Waals surface area contributed by atoms with Crippen molar-refractivity contribution in [2.45, 2.75) is 63.1 Å². The van der Waals surface area contributed by atoms with Crippen LogP contribution in [0.25, 0.3) is 0 Å². The summed E-state index contributed by atoms with van der Waals surface area (Å²) < 4.78 is 10.2. The maximum Gasteiger partial charge on any atom is 0.341 e. The van der Waals surface area contributed by atoms with E-state index in [2.05, 4.69) is 6.92 Å². The molecule has 5 atom stereocenters. The van der Waals surface area contributed by atoms with Crippen LogP contribution in [-0.2, 0) is 15.9 Å². The number of aromatic hydroxyl groups is 2. The van der Waals surface area contributed by atoms with Crippen LogP contribution in [0, 0.1) is 0 Å². The van der Waals surface area contributed by atoms with Gasteiger partial charge in [0.25, 0.3) is 0 Å². The Kier molecular flexibility index (Phi) is 9.67. The molecule has 6 N–H and O–H groups in total. The fraction of sp³-hybridized carbons (Fsp3) is 0.522. The molecule has 1 aliphatic heterocycles. The molecule has 1 heterocycles. The van der Waals surface area contributed by atoms with Crippen LogP contribution >= 0.6 is 0 Å². The Morgan fingerprint density at radius 2 is 1.75 bits per heavy atom. The van der Waals surface area contributed by atoms with E-state index in [1.54, 1.807) is 0 Å². The highest BCUT2D eigenvalue weighted by Crippen LogP contribution is 2.44. The van der Waals surface area contributed by atoms with Gasteiger partial charge in [-0.1, -0.05) is 37.6 Å². The number of aryl methyl sites for hydroxylation is 1. The van der Waals surface area contributed by atoms with Gasteiger partial charge in [0.1, 0.15) is 47.6 Å². The van der Waals surface area contributed by atoms with Gasteiger partial charge in [0, 0.05) is 0 Å². The van der Waals surface area contributed by atoms with Gasteiger partial charge in [-0.15, -0.1) is 0 Å². The summed E-state index contributed by atoms with van der Waals surface area (Å²) in [5.74, 6) is -1.99. The van der Waals surface area contributed by atoms with Gasteiger partial charge in [-0.2, -0.15) is 0 Å². The summed E-state index contributed by atoms with van der Waals surface area (Å²) in [7, 11) is 1.14. The lowest BCUT2D eigenvalue weighted by Gasteiger charge is -2.40. The minimum absolute atomic E-state index is 0.202. The molecule has 2 rings (SSSR count). The third-order valence-corrected chi connectivity index (χ3v) is 5.39. The molecule has 32 heavy (non-hydrogen) atoms. The normalized spacial score (nSPS) is 26.1. The summed E-state index contributed by atoms with van der Waals surface area (Å²) in [4.78, 5) is 12.4. The van der Waals surface area contributed by atoms with Crippen LogP contribution in [0.15, 0.2) is 30.4 Å². The lowest BCUT2D eigenvalue weighted by molar-refractivity contribution is -0.232. The molecule has 178 valence electrons. The van der Waals surface area contributed by atoms with Gasteiger partial charge >= 0.3 is 5.97 Å². The first-order valence-electron chi connectivity index (χ1n) is 10.6. The number of aliphatic hydroxyl groups is 4. The van der Waals surface area contributed by atoms with E-state index in [1.165, 1.54) is 6.07 Å². The molecule has 0 aromatic heterocycles. The number of unbranched alkanes of at least 4 members (excludes halogenated alkanes) is 1. The van der Waals surface area contributed by atoms with E-state index in [-0.39, 0.29) is 11.1 Å². The summed E-state index contributed by atoms with van der Waals surface area (Å²) in [6.45, 7) is 1.40. The van der Waals surface area contributed by atoms with Crippen LogP contribution in [0.1, 0.15) is 53.8 Å². The number of carbonyl (C=O) groups excluding carboxylic acids is 1. The number of aliphatic hydroxyl groups excluding tert-OH is 4. The zero-order valence-electron chi connectivity index (χ0n) is 18.2. The summed E-state index contributed by atoms with van der Waals surface area (Å²) in [6, 6.07) is 1.27. The maximum atomic E-state index is 12.4. The zero-order valence-corrected chi connectivity index (χ0v) is 18.2. The Balaban J connectivity index is 2.39. The number of esters is 1. The van der Waals surface area contributed by atoms with Crippen molar-refractivity contribution in [2.24, 2.45) is 0 Å². The minimum Gasteiger partial charge on any atom is -0.507 e. The lowest BCUT2D eigenvalue weighted by atomic mass is 9.87. The van der Waals surface area contributed by atoms with Crippen LogP contribution in [0.3, 0.4) is 0 Å². The van der Waals surface area contributed by atoms with E-state index in [4.69, 9.17) is 9.47 Å². The van der Waals surface area contributed by atoms with Crippen molar-refractivity contribution in [3.8, 4) is 11.5 Å². The number of hydrogen-bond donors (Lipinski definition) is 6. The van der Waals surface area contributed by atoms with Gasteiger partial charge in [-0.3, -0.25) is 0 Å². The van der Waals surface area contributed by atoms with Crippen molar-refractivity contribution >= 4 is 5.97 Å². The van der Waals surface area contributed by atoms with E-state index in [1.807, 2.05) is 24.3 Å². The average molecular weight is 453 g/mol. The highest BCUT2D eigenvalue weighted by Gasteiger charge is 2.46. The van der Waals surface area contributed by atoms with Crippen molar-refractivity contribution in [1.82, 2.24) is 0 Å². The number of rotatable bonds is 9. The predicted molar refractivity (Wildman–Crippen MR) is 115 cm³/mol. The third-order valence-electron chi connectivity index (χ3n) is 5.39. The molecule has 9 heteroatoms. The Morgan fingerprint density at radius 3 is 2.34 bits per heavy atom. The minimum atomic E-state index is -1.74. The van der Waals surface area contributed by atoms with Gasteiger partial charge < -0.3 is 40.1 Å². The molecule has 0 radical (unpaired) electrons. The standard InChI is InChI=1S/C23H32O9/c1-3-4-5-6-7-8-9-10-13-11-14(25)17(19(27)16(13)23(30)31-2)22-21(29)20(28)18(26)15(12-24)32-22/h5-8,11,15,18,20-22,24-29H,3-4,9-10,12H2,1-2H3/b6-5+,8-7+/t15-,18-,20+,21-,22+/m1/s1. The van der Waals surface area contributed by atoms with Crippen LogP contribution in [0.2, 0.25) is 0 Å². The summed E-state index contributed by atoms with van der Waals surface area (Å²) in [6.07, 6.45) is 2.73. The summed E-state index contributed by atoms with van der Waals surface area (Å²) in [5.41, 5.74) is -0.223. The Morgan fingerprint density at radius 1 is 1.09 bits per heavy atom. The number of phenols is 2. The second-order valence-electron chi connectivity index (χ2n) is 7.62. The molecule has 0 bridgehead atoms. The molecule has 1 fully saturated rings. The molecule has 0 saturated carbocycles. The number of ether oxygens (including phenoxy) is 2. The highest BCUT2D eigenvalue weighted by molar-refractivity contribution is 5.95. The molecule has 0 aliphatic carbocycles. The van der Waals surface area contributed by atoms with Crippen LogP contribution < -0.4 is 0 Å². The van der Waals surface area contributed by atoms with Crippen LogP contribution in [0.5, 0.6) is 11.5 Å². The molecule has 0 amide bonds. The fourth-order valence-corrected chi connectivity index (χ4v) is 3.63. The topological polar surface area (TPSA) is 157 Å². The average Bonchev–Trinajstić information content (AvgIpc) is 2.77. The fourth-order valence-electron chi connectivity index (χ4n) is 3.63. The number of benzene rings is 1. The van der Waals surface area contributed by atoms with Crippen LogP contribution in [-0.4, -0.2) is 74.7 Å². The summed E-state index contributed by atoms with van der Waals surface area (Å²) in [5, 5.41) is 61.2. The molecule has 9 nitrogen and oxygen atoms in total. The Hall–Kier alpha value is -2.43. The lowest BCUT2D eigenvalue weighted by Crippen LogP contribution is -2.55. The molecule has 1 aliphatic rings. The predicted octanol–water partition coefficient (Wildman–Crippen LogP) is 1.24. The SMILES string of the molecule is CCC/C=C/C=C/CCc1cc(O)c([C@@H]2O[C@H](CO)[C@@H](O)[C@H](O)[C@H]2O)c(O)c1C(=O)OC. The Labute approximate surface area is 186 Å². The van der Waals surface area contributed by atoms with E-state index >= 15 is 0 Å². The first-order chi connectivity index (χ1) is 15.3. The number of phenolic OH excluding ortho intramolecular Hbond substituents is 2. The maximum absolute atomic E-state index is 12.4. The second-order valence-corrected chi connectivity index (χ2v) is 7.62. The van der Waals surface area contributed by atoms with E-state index in [0.717, 1.165) is 20.0 Å². The summed E-state index contributed by atoms with van der Waals surface area (Å²) >= 11 is 0. The molecule has 1 saturated heterocycles. The van der Waals surface area contributed by atoms with Crippen molar-refractivity contribution < 1.29 is 44.9 Å². The molecule has 1 aromatic rings. The third kappa shape index (κ3) is 5.67. The first-order valence-corrected chi connectivity index (χ1v) is 10.6. The van der Waals surface area contributed by atoms with Gasteiger partial charge in [-0.05, 0) is 30.9 Å². The number of hydrogen-bond acceptors (Lipinski definition) is 9. The van der Waals surface area contributed by atoms with E-state index in [0.29, 0.717) is 18.4 Å². The van der Waals surface area contributed by atoms with Crippen LogP contribution in [0.4, 0.5) is 0 Å². The molecule has 1 aromatic carbocycles. The largest absolute Gasteiger partial charge is 0.507 e. The van der Waals surface area contributed by atoms with Gasteiger partial charge in [0.2, 0.25) is 0 Å². The molecule has 0 spiro atoms. The van der Waals surface area contributed by atoms with Crippen molar-refractivity contribution in [2.75, 3.05) is 13.7 Å². The van der Waals surface area contributed by atoms with Crippen molar-refractivity contribution in [3.63, 3.8) is 0 Å². The number of methoxy groups -OCH3 is 1. The molecule has 0 unspecified atom stereocenters. The zero-order chi connectivity index (χ0) is 23.8. The van der Waals surface area contributed by atoms with Gasteiger partial charge in [-0.25, -0.2) is 4.79 Å². The quantitative estimate of drug-likeness (QED) is 0.240. The smallest absolute Gasteiger partial charge is 0.341 e. The highest BCUT2D eigenvalue weighted by atomic mass is 16.5. The van der Waals surface area contributed by atoms with E-state index in [9.17, 15) is 35.4 Å². The van der Waals surface area contributed by atoms with Crippen molar-refractivity contribution in [3.05, 3.63) is 47.1 Å². The monoisotopic (exact) mass is 452 g/mol. The molecular formula is C23H32O9. The van der Waals surface area contributed by atoms with E-state index < -0.39 is 54.6 Å². The second kappa shape index (κ2) is 12.0. The first kappa shape index (κ1) is 25.8. The van der Waals surface area contributed by atoms with Crippen molar-refractivity contribution in [1.29, 1.82) is 0 Å². The van der Waals surface area contributed by atoms with Gasteiger partial charge in [0.15, 0.2) is 0 Å². The Bertz CT molecular complexity index is 831. The number of allylic oxidation sites excluding steroid dienone is 4. The number of carbonyl (C=O) groups is 1.